The number of aromatic nitrogens is 2. The van der Waals surface area contributed by atoms with Crippen molar-refractivity contribution in [2.24, 2.45) is 0 Å². The van der Waals surface area contributed by atoms with Gasteiger partial charge in [0.15, 0.2) is 0 Å². The second kappa shape index (κ2) is 8.01. The average molecular weight is 368 g/mol. The van der Waals surface area contributed by atoms with Crippen molar-refractivity contribution in [2.75, 3.05) is 12.8 Å². The third-order valence-electron chi connectivity index (χ3n) is 3.36. The molecule has 0 saturated carbocycles. The van der Waals surface area contributed by atoms with Gasteiger partial charge in [-0.1, -0.05) is 26.0 Å². The Morgan fingerprint density at radius 2 is 2.00 bits per heavy atom. The van der Waals surface area contributed by atoms with Gasteiger partial charge in [0.25, 0.3) is 0 Å². The fourth-order valence-corrected chi connectivity index (χ4v) is 3.62. The van der Waals surface area contributed by atoms with Gasteiger partial charge in [-0.25, -0.2) is 0 Å². The first-order valence-electron chi connectivity index (χ1n) is 7.32. The first-order chi connectivity index (χ1) is 10.2. The number of rotatable bonds is 7. The van der Waals surface area contributed by atoms with Gasteiger partial charge < -0.3 is 5.32 Å². The Morgan fingerprint density at radius 3 is 2.57 bits per heavy atom. The molecule has 0 aliphatic rings. The molecule has 114 valence electrons. The monoisotopic (exact) mass is 367 g/mol. The molecule has 0 fully saturated rings. The molecular formula is C16H22BrN3S. The van der Waals surface area contributed by atoms with Crippen molar-refractivity contribution in [2.45, 2.75) is 37.8 Å². The lowest BCUT2D eigenvalue weighted by Gasteiger charge is -2.19. The van der Waals surface area contributed by atoms with Crippen molar-refractivity contribution in [3.05, 3.63) is 46.2 Å². The molecule has 0 radical (unpaired) electrons. The summed E-state index contributed by atoms with van der Waals surface area (Å²) in [4.78, 5) is 1.32. The Balaban J connectivity index is 2.32. The quantitative estimate of drug-likeness (QED) is 0.731. The molecular weight excluding hydrogens is 346 g/mol. The van der Waals surface area contributed by atoms with Gasteiger partial charge in [0.1, 0.15) is 0 Å². The summed E-state index contributed by atoms with van der Waals surface area (Å²) in [5, 5.41) is 7.89. The molecule has 0 spiro atoms. The molecule has 0 bridgehead atoms. The maximum Gasteiger partial charge on any atom is 0.0757 e. The van der Waals surface area contributed by atoms with Crippen molar-refractivity contribution < 1.29 is 0 Å². The molecule has 1 N–H and O–H groups in total. The van der Waals surface area contributed by atoms with E-state index in [1.54, 1.807) is 0 Å². The smallest absolute Gasteiger partial charge is 0.0757 e. The van der Waals surface area contributed by atoms with Crippen LogP contribution >= 0.6 is 27.7 Å². The summed E-state index contributed by atoms with van der Waals surface area (Å²) < 4.78 is 3.14. The Hall–Kier alpha value is -0.780. The standard InChI is InChI=1S/C16H22BrN3S/c1-4-10-20-16(14(17)11-19-20)15(18-3)12-6-8-13(9-7-12)21-5-2/h6-9,11,15,18H,4-5,10H2,1-3H3. The van der Waals surface area contributed by atoms with E-state index >= 15 is 0 Å². The molecule has 5 heteroatoms. The number of hydrogen-bond donors (Lipinski definition) is 1. The van der Waals surface area contributed by atoms with Crippen LogP contribution in [-0.2, 0) is 6.54 Å². The van der Waals surface area contributed by atoms with Crippen LogP contribution in [0.1, 0.15) is 37.6 Å². The van der Waals surface area contributed by atoms with Crippen molar-refractivity contribution >= 4 is 27.7 Å². The molecule has 0 aliphatic heterocycles. The predicted molar refractivity (Wildman–Crippen MR) is 94.0 cm³/mol. The number of nitrogens with zero attached hydrogens (tertiary/aromatic N) is 2. The van der Waals surface area contributed by atoms with E-state index in [4.69, 9.17) is 0 Å². The number of halogens is 1. The number of thioether (sulfide) groups is 1. The Kier molecular flexibility index (Phi) is 6.33. The zero-order valence-electron chi connectivity index (χ0n) is 12.8. The normalized spacial score (nSPS) is 12.6. The number of nitrogens with one attached hydrogen (secondary N) is 1. The molecule has 2 aromatic rings. The van der Waals surface area contributed by atoms with E-state index in [0.717, 1.165) is 23.2 Å². The van der Waals surface area contributed by atoms with Crippen LogP contribution in [0.3, 0.4) is 0 Å². The lowest BCUT2D eigenvalue weighted by atomic mass is 10.0. The second-order valence-corrected chi connectivity index (χ2v) is 7.02. The van der Waals surface area contributed by atoms with E-state index in [2.05, 4.69) is 69.1 Å². The van der Waals surface area contributed by atoms with E-state index in [9.17, 15) is 0 Å². The molecule has 1 atom stereocenters. The van der Waals surface area contributed by atoms with E-state index in [-0.39, 0.29) is 6.04 Å². The lowest BCUT2D eigenvalue weighted by Crippen LogP contribution is -2.22. The topological polar surface area (TPSA) is 29.9 Å². The summed E-state index contributed by atoms with van der Waals surface area (Å²) in [6, 6.07) is 8.95. The van der Waals surface area contributed by atoms with E-state index in [1.165, 1.54) is 16.2 Å². The summed E-state index contributed by atoms with van der Waals surface area (Å²) in [5.41, 5.74) is 2.45. The van der Waals surface area contributed by atoms with E-state index in [0.29, 0.717) is 0 Å². The third-order valence-corrected chi connectivity index (χ3v) is 4.86. The van der Waals surface area contributed by atoms with Crippen LogP contribution in [0.15, 0.2) is 39.8 Å². The highest BCUT2D eigenvalue weighted by molar-refractivity contribution is 9.10. The van der Waals surface area contributed by atoms with Crippen molar-refractivity contribution in [3.63, 3.8) is 0 Å². The minimum Gasteiger partial charge on any atom is -0.308 e. The summed E-state index contributed by atoms with van der Waals surface area (Å²) in [5.74, 6) is 1.10. The summed E-state index contributed by atoms with van der Waals surface area (Å²) >= 11 is 5.51. The van der Waals surface area contributed by atoms with E-state index < -0.39 is 0 Å². The van der Waals surface area contributed by atoms with Crippen molar-refractivity contribution in [1.29, 1.82) is 0 Å². The maximum absolute atomic E-state index is 4.47. The van der Waals surface area contributed by atoms with Gasteiger partial charge in [-0.05, 0) is 52.8 Å². The first-order valence-corrected chi connectivity index (χ1v) is 9.10. The maximum atomic E-state index is 4.47. The summed E-state index contributed by atoms with van der Waals surface area (Å²) in [7, 11) is 2.00. The van der Waals surface area contributed by atoms with Crippen LogP contribution in [0.4, 0.5) is 0 Å². The van der Waals surface area contributed by atoms with Crippen LogP contribution in [0.2, 0.25) is 0 Å². The number of aryl methyl sites for hydroxylation is 1. The molecule has 21 heavy (non-hydrogen) atoms. The van der Waals surface area contributed by atoms with Crippen molar-refractivity contribution in [3.8, 4) is 0 Å². The average Bonchev–Trinajstić information content (AvgIpc) is 2.84. The minimum atomic E-state index is 0.147. The third kappa shape index (κ3) is 3.90. The highest BCUT2D eigenvalue weighted by Gasteiger charge is 2.20. The SMILES string of the molecule is CCCn1ncc(Br)c1C(NC)c1ccc(SCC)cc1. The molecule has 1 heterocycles. The van der Waals surface area contributed by atoms with Crippen LogP contribution in [0, 0.1) is 0 Å². The van der Waals surface area contributed by atoms with Gasteiger partial charge in [-0.3, -0.25) is 4.68 Å². The van der Waals surface area contributed by atoms with Gasteiger partial charge in [-0.2, -0.15) is 5.10 Å². The van der Waals surface area contributed by atoms with E-state index in [1.807, 2.05) is 25.0 Å². The Labute approximate surface area is 139 Å². The highest BCUT2D eigenvalue weighted by atomic mass is 79.9. The second-order valence-electron chi connectivity index (χ2n) is 4.82. The van der Waals surface area contributed by atoms with Crippen LogP contribution < -0.4 is 5.32 Å². The van der Waals surface area contributed by atoms with Gasteiger partial charge in [-0.15, -0.1) is 11.8 Å². The van der Waals surface area contributed by atoms with Crippen LogP contribution in [0.5, 0.6) is 0 Å². The highest BCUT2D eigenvalue weighted by Crippen LogP contribution is 2.30. The molecule has 1 aromatic heterocycles. The van der Waals surface area contributed by atoms with Gasteiger partial charge in [0, 0.05) is 11.4 Å². The molecule has 0 saturated heterocycles. The molecule has 1 aromatic carbocycles. The summed E-state index contributed by atoms with van der Waals surface area (Å²) in [6.07, 6.45) is 2.96. The predicted octanol–water partition coefficient (Wildman–Crippen LogP) is 4.48. The molecule has 3 nitrogen and oxygen atoms in total. The van der Waals surface area contributed by atoms with Crippen LogP contribution in [-0.4, -0.2) is 22.6 Å². The number of benzene rings is 1. The van der Waals surface area contributed by atoms with Gasteiger partial charge in [0.2, 0.25) is 0 Å². The summed E-state index contributed by atoms with van der Waals surface area (Å²) in [6.45, 7) is 5.28. The molecule has 0 aliphatic carbocycles. The molecule has 2 rings (SSSR count). The Bertz CT molecular complexity index is 565. The molecule has 1 unspecified atom stereocenters. The fraction of sp³-hybridized carbons (Fsp3) is 0.438. The van der Waals surface area contributed by atoms with Crippen LogP contribution in [0.25, 0.3) is 0 Å². The first kappa shape index (κ1) is 16.6. The zero-order valence-corrected chi connectivity index (χ0v) is 15.2. The lowest BCUT2D eigenvalue weighted by molar-refractivity contribution is 0.533. The van der Waals surface area contributed by atoms with Crippen molar-refractivity contribution in [1.82, 2.24) is 15.1 Å². The molecule has 0 amide bonds. The minimum absolute atomic E-state index is 0.147. The number of hydrogen-bond acceptors (Lipinski definition) is 3. The zero-order chi connectivity index (χ0) is 15.2. The van der Waals surface area contributed by atoms with Gasteiger partial charge >= 0.3 is 0 Å². The Morgan fingerprint density at radius 1 is 1.29 bits per heavy atom. The largest absolute Gasteiger partial charge is 0.308 e. The van der Waals surface area contributed by atoms with Gasteiger partial charge in [0.05, 0.1) is 22.4 Å². The fourth-order valence-electron chi connectivity index (χ4n) is 2.43.